The van der Waals surface area contributed by atoms with Crippen molar-refractivity contribution in [1.82, 2.24) is 0 Å². The van der Waals surface area contributed by atoms with E-state index in [2.05, 4.69) is 40.2 Å². The second-order valence-corrected chi connectivity index (χ2v) is 4.10. The monoisotopic (exact) mass is 237 g/mol. The van der Waals surface area contributed by atoms with Crippen molar-refractivity contribution in [2.75, 3.05) is 6.54 Å². The highest BCUT2D eigenvalue weighted by atomic mass is 79.9. The summed E-state index contributed by atoms with van der Waals surface area (Å²) in [6.45, 7) is 0.635. The molecule has 68 valence electrons. The van der Waals surface area contributed by atoms with Crippen molar-refractivity contribution in [1.29, 1.82) is 0 Å². The van der Waals surface area contributed by atoms with Crippen LogP contribution >= 0.6 is 15.9 Å². The van der Waals surface area contributed by atoms with E-state index in [1.54, 1.807) is 0 Å². The number of rotatable bonds is 1. The predicted octanol–water partition coefficient (Wildman–Crippen LogP) is 2.74. The molecule has 0 saturated carbocycles. The number of nitrogens with two attached hydrogens (primary N) is 1. The average molecular weight is 238 g/mol. The molecular formula is C11H12BrN. The lowest BCUT2D eigenvalue weighted by Crippen LogP contribution is -2.08. The number of hydrogen-bond acceptors (Lipinski definition) is 1. The number of halogens is 1. The average Bonchev–Trinajstić information content (AvgIpc) is 2.17. The second-order valence-electron chi connectivity index (χ2n) is 3.25. The molecule has 0 radical (unpaired) electrons. The molecule has 1 aliphatic carbocycles. The van der Waals surface area contributed by atoms with Gasteiger partial charge in [0.05, 0.1) is 0 Å². The largest absolute Gasteiger partial charge is 0.326 e. The van der Waals surface area contributed by atoms with Crippen LogP contribution < -0.4 is 5.73 Å². The van der Waals surface area contributed by atoms with Crippen molar-refractivity contribution in [2.45, 2.75) is 12.8 Å². The fourth-order valence-electron chi connectivity index (χ4n) is 1.83. The molecule has 0 unspecified atom stereocenters. The minimum absolute atomic E-state index is 0.635. The van der Waals surface area contributed by atoms with E-state index in [1.807, 2.05) is 0 Å². The Bertz CT molecular complexity index is 355. The van der Waals surface area contributed by atoms with Crippen molar-refractivity contribution >= 4 is 21.5 Å². The standard InChI is InChI=1S/C11H12BrN/c12-10-6-2-4-8-3-1-5-9(7-13)11(8)10/h2,4-6H,1,3,7,13H2. The summed E-state index contributed by atoms with van der Waals surface area (Å²) in [4.78, 5) is 0. The molecule has 0 aromatic heterocycles. The van der Waals surface area contributed by atoms with Crippen LogP contribution in [0.2, 0.25) is 0 Å². The summed E-state index contributed by atoms with van der Waals surface area (Å²) >= 11 is 3.57. The van der Waals surface area contributed by atoms with Gasteiger partial charge in [-0.1, -0.05) is 34.1 Å². The number of allylic oxidation sites excluding steroid dienone is 1. The molecule has 1 aliphatic rings. The molecule has 0 fully saturated rings. The normalized spacial score (nSPS) is 15.1. The molecule has 2 N–H and O–H groups in total. The Morgan fingerprint density at radius 2 is 2.23 bits per heavy atom. The maximum Gasteiger partial charge on any atom is 0.0253 e. The van der Waals surface area contributed by atoms with Crippen LogP contribution in [0.5, 0.6) is 0 Å². The van der Waals surface area contributed by atoms with Gasteiger partial charge in [0.15, 0.2) is 0 Å². The van der Waals surface area contributed by atoms with Crippen molar-refractivity contribution in [3.8, 4) is 0 Å². The summed E-state index contributed by atoms with van der Waals surface area (Å²) in [5.41, 5.74) is 9.70. The number of aryl methyl sites for hydroxylation is 1. The van der Waals surface area contributed by atoms with Crippen LogP contribution in [-0.2, 0) is 6.42 Å². The van der Waals surface area contributed by atoms with Crippen LogP contribution in [0.25, 0.3) is 5.57 Å². The number of fused-ring (bicyclic) bond motifs is 1. The Hall–Kier alpha value is -0.600. The SMILES string of the molecule is NCC1=CCCc2cccc(Br)c21. The van der Waals surface area contributed by atoms with Gasteiger partial charge in [0, 0.05) is 11.0 Å². The molecule has 0 aliphatic heterocycles. The molecule has 0 amide bonds. The highest BCUT2D eigenvalue weighted by Crippen LogP contribution is 2.31. The van der Waals surface area contributed by atoms with E-state index in [0.717, 1.165) is 12.8 Å². The highest BCUT2D eigenvalue weighted by molar-refractivity contribution is 9.10. The van der Waals surface area contributed by atoms with Crippen LogP contribution in [0.4, 0.5) is 0 Å². The van der Waals surface area contributed by atoms with Crippen molar-refractivity contribution < 1.29 is 0 Å². The minimum atomic E-state index is 0.635. The third-order valence-electron chi connectivity index (χ3n) is 2.45. The van der Waals surface area contributed by atoms with Gasteiger partial charge in [-0.25, -0.2) is 0 Å². The lowest BCUT2D eigenvalue weighted by atomic mass is 9.91. The third kappa shape index (κ3) is 1.56. The van der Waals surface area contributed by atoms with Gasteiger partial charge in [-0.05, 0) is 35.6 Å². The van der Waals surface area contributed by atoms with Crippen molar-refractivity contribution in [3.05, 3.63) is 39.9 Å². The molecule has 1 aromatic rings. The summed E-state index contributed by atoms with van der Waals surface area (Å²) in [5.74, 6) is 0. The number of hydrogen-bond donors (Lipinski definition) is 1. The van der Waals surface area contributed by atoms with E-state index in [0.29, 0.717) is 6.54 Å². The molecule has 0 spiro atoms. The molecule has 2 heteroatoms. The molecule has 13 heavy (non-hydrogen) atoms. The van der Waals surface area contributed by atoms with Gasteiger partial charge >= 0.3 is 0 Å². The van der Waals surface area contributed by atoms with Gasteiger partial charge in [-0.15, -0.1) is 0 Å². The smallest absolute Gasteiger partial charge is 0.0253 e. The predicted molar refractivity (Wildman–Crippen MR) is 59.5 cm³/mol. The van der Waals surface area contributed by atoms with E-state index in [9.17, 15) is 0 Å². The first-order valence-electron chi connectivity index (χ1n) is 4.50. The topological polar surface area (TPSA) is 26.0 Å². The quantitative estimate of drug-likeness (QED) is 0.799. The van der Waals surface area contributed by atoms with E-state index in [-0.39, 0.29) is 0 Å². The maximum atomic E-state index is 5.70. The Labute approximate surface area is 86.8 Å². The van der Waals surface area contributed by atoms with Crippen LogP contribution in [0.3, 0.4) is 0 Å². The Balaban J connectivity index is 2.57. The summed E-state index contributed by atoms with van der Waals surface area (Å²) in [6, 6.07) is 6.35. The lowest BCUT2D eigenvalue weighted by Gasteiger charge is -2.17. The Kier molecular flexibility index (Phi) is 2.51. The molecule has 1 nitrogen and oxygen atoms in total. The van der Waals surface area contributed by atoms with Gasteiger partial charge in [-0.2, -0.15) is 0 Å². The first kappa shape index (κ1) is 8.97. The van der Waals surface area contributed by atoms with Crippen LogP contribution in [0, 0.1) is 0 Å². The molecule has 0 bridgehead atoms. The van der Waals surface area contributed by atoms with Crippen LogP contribution in [-0.4, -0.2) is 6.54 Å². The molecule has 2 rings (SSSR count). The first-order valence-corrected chi connectivity index (χ1v) is 5.29. The number of benzene rings is 1. The Morgan fingerprint density at radius 1 is 1.38 bits per heavy atom. The zero-order valence-electron chi connectivity index (χ0n) is 7.39. The summed E-state index contributed by atoms with van der Waals surface area (Å²) in [7, 11) is 0. The van der Waals surface area contributed by atoms with Gasteiger partial charge in [0.1, 0.15) is 0 Å². The fraction of sp³-hybridized carbons (Fsp3) is 0.273. The first-order chi connectivity index (χ1) is 6.33. The van der Waals surface area contributed by atoms with Gasteiger partial charge in [0.25, 0.3) is 0 Å². The van der Waals surface area contributed by atoms with E-state index >= 15 is 0 Å². The third-order valence-corrected chi connectivity index (χ3v) is 3.11. The van der Waals surface area contributed by atoms with Crippen molar-refractivity contribution in [2.24, 2.45) is 5.73 Å². The van der Waals surface area contributed by atoms with E-state index in [4.69, 9.17) is 5.73 Å². The second kappa shape index (κ2) is 3.64. The molecule has 0 heterocycles. The zero-order valence-corrected chi connectivity index (χ0v) is 8.97. The van der Waals surface area contributed by atoms with E-state index < -0.39 is 0 Å². The maximum absolute atomic E-state index is 5.70. The van der Waals surface area contributed by atoms with Gasteiger partial charge < -0.3 is 5.73 Å². The zero-order chi connectivity index (χ0) is 9.26. The van der Waals surface area contributed by atoms with Crippen LogP contribution in [0.1, 0.15) is 17.5 Å². The molecule has 0 saturated heterocycles. The highest BCUT2D eigenvalue weighted by Gasteiger charge is 2.13. The van der Waals surface area contributed by atoms with Crippen molar-refractivity contribution in [3.63, 3.8) is 0 Å². The Morgan fingerprint density at radius 3 is 3.00 bits per heavy atom. The molecule has 1 aromatic carbocycles. The summed E-state index contributed by atoms with van der Waals surface area (Å²) in [6.07, 6.45) is 4.50. The fourth-order valence-corrected chi connectivity index (χ4v) is 2.49. The minimum Gasteiger partial charge on any atom is -0.326 e. The van der Waals surface area contributed by atoms with Gasteiger partial charge in [0.2, 0.25) is 0 Å². The molecular weight excluding hydrogens is 226 g/mol. The summed E-state index contributed by atoms with van der Waals surface area (Å²) < 4.78 is 1.17. The lowest BCUT2D eigenvalue weighted by molar-refractivity contribution is 0.964. The van der Waals surface area contributed by atoms with Gasteiger partial charge in [-0.3, -0.25) is 0 Å². The summed E-state index contributed by atoms with van der Waals surface area (Å²) in [5, 5.41) is 0. The van der Waals surface area contributed by atoms with E-state index in [1.165, 1.54) is 21.2 Å². The molecule has 0 atom stereocenters. The van der Waals surface area contributed by atoms with Crippen LogP contribution in [0.15, 0.2) is 28.7 Å².